The molecule has 1 aromatic rings. The van der Waals surface area contributed by atoms with Crippen LogP contribution in [0, 0.1) is 0 Å². The SMILES string of the molecule is CSCCC(NC(=O)COc1ccccc1)C(=O)NCC(F)(F)F. The lowest BCUT2D eigenvalue weighted by molar-refractivity contribution is -0.140. The van der Waals surface area contributed by atoms with E-state index < -0.39 is 30.6 Å². The number of carbonyl (C=O) groups is 2. The minimum atomic E-state index is -4.50. The van der Waals surface area contributed by atoms with Gasteiger partial charge in [0.2, 0.25) is 5.91 Å². The van der Waals surface area contributed by atoms with Crippen LogP contribution in [0.5, 0.6) is 5.75 Å². The van der Waals surface area contributed by atoms with Gasteiger partial charge >= 0.3 is 6.18 Å². The fraction of sp³-hybridized carbons (Fsp3) is 0.467. The predicted molar refractivity (Wildman–Crippen MR) is 85.9 cm³/mol. The van der Waals surface area contributed by atoms with E-state index in [0.29, 0.717) is 11.5 Å². The van der Waals surface area contributed by atoms with Gasteiger partial charge in [-0.1, -0.05) is 18.2 Å². The highest BCUT2D eigenvalue weighted by Gasteiger charge is 2.30. The summed E-state index contributed by atoms with van der Waals surface area (Å²) in [7, 11) is 0. The molecule has 0 aliphatic heterocycles. The Morgan fingerprint density at radius 3 is 2.50 bits per heavy atom. The lowest BCUT2D eigenvalue weighted by atomic mass is 10.2. The van der Waals surface area contributed by atoms with E-state index in [1.165, 1.54) is 11.8 Å². The molecule has 5 nitrogen and oxygen atoms in total. The van der Waals surface area contributed by atoms with Crippen molar-refractivity contribution in [3.63, 3.8) is 0 Å². The molecule has 0 fully saturated rings. The fourth-order valence-electron chi connectivity index (χ4n) is 1.72. The average molecular weight is 364 g/mol. The van der Waals surface area contributed by atoms with E-state index in [0.717, 1.165) is 0 Å². The number of benzene rings is 1. The lowest BCUT2D eigenvalue weighted by Gasteiger charge is -2.19. The van der Waals surface area contributed by atoms with Crippen LogP contribution in [0.4, 0.5) is 13.2 Å². The van der Waals surface area contributed by atoms with E-state index in [-0.39, 0.29) is 13.0 Å². The molecule has 0 saturated heterocycles. The van der Waals surface area contributed by atoms with E-state index in [2.05, 4.69) is 5.32 Å². The Labute approximate surface area is 142 Å². The van der Waals surface area contributed by atoms with Crippen molar-refractivity contribution in [2.45, 2.75) is 18.6 Å². The second kappa shape index (κ2) is 10.1. The van der Waals surface area contributed by atoms with Crippen LogP contribution >= 0.6 is 11.8 Å². The van der Waals surface area contributed by atoms with Crippen molar-refractivity contribution in [1.29, 1.82) is 0 Å². The van der Waals surface area contributed by atoms with Gasteiger partial charge < -0.3 is 15.4 Å². The van der Waals surface area contributed by atoms with Crippen LogP contribution in [0.25, 0.3) is 0 Å². The summed E-state index contributed by atoms with van der Waals surface area (Å²) in [5.41, 5.74) is 0. The van der Waals surface area contributed by atoms with Crippen molar-refractivity contribution in [1.82, 2.24) is 10.6 Å². The summed E-state index contributed by atoms with van der Waals surface area (Å²) < 4.78 is 41.8. The first-order valence-electron chi connectivity index (χ1n) is 7.12. The number of ether oxygens (including phenoxy) is 1. The van der Waals surface area contributed by atoms with Gasteiger partial charge in [0, 0.05) is 0 Å². The Kier molecular flexibility index (Phi) is 8.45. The number of thioether (sulfide) groups is 1. The highest BCUT2D eigenvalue weighted by molar-refractivity contribution is 7.98. The van der Waals surface area contributed by atoms with Gasteiger partial charge in [0.05, 0.1) is 0 Å². The van der Waals surface area contributed by atoms with Crippen molar-refractivity contribution in [3.8, 4) is 5.75 Å². The second-order valence-electron chi connectivity index (χ2n) is 4.84. The molecule has 2 amide bonds. The van der Waals surface area contributed by atoms with Gasteiger partial charge in [0.15, 0.2) is 6.61 Å². The van der Waals surface area contributed by atoms with Crippen LogP contribution in [0.3, 0.4) is 0 Å². The highest BCUT2D eigenvalue weighted by Crippen LogP contribution is 2.12. The van der Waals surface area contributed by atoms with Gasteiger partial charge in [0.25, 0.3) is 5.91 Å². The van der Waals surface area contributed by atoms with E-state index in [9.17, 15) is 22.8 Å². The maximum absolute atomic E-state index is 12.2. The third-order valence-electron chi connectivity index (χ3n) is 2.84. The lowest BCUT2D eigenvalue weighted by Crippen LogP contribution is -2.50. The summed E-state index contributed by atoms with van der Waals surface area (Å²) >= 11 is 1.42. The first-order valence-corrected chi connectivity index (χ1v) is 8.52. The number of nitrogens with one attached hydrogen (secondary N) is 2. The number of carbonyl (C=O) groups excluding carboxylic acids is 2. The Hall–Kier alpha value is -1.90. The second-order valence-corrected chi connectivity index (χ2v) is 5.82. The van der Waals surface area contributed by atoms with Gasteiger partial charge in [-0.05, 0) is 30.6 Å². The van der Waals surface area contributed by atoms with Crippen molar-refractivity contribution in [2.24, 2.45) is 0 Å². The number of amides is 2. The summed E-state index contributed by atoms with van der Waals surface area (Å²) in [6.45, 7) is -1.76. The molecule has 0 bridgehead atoms. The molecule has 1 unspecified atom stereocenters. The predicted octanol–water partition coefficient (Wildman–Crippen LogP) is 1.98. The van der Waals surface area contributed by atoms with Gasteiger partial charge in [-0.2, -0.15) is 24.9 Å². The van der Waals surface area contributed by atoms with E-state index in [1.807, 2.05) is 0 Å². The van der Waals surface area contributed by atoms with Crippen LogP contribution in [-0.4, -0.2) is 49.2 Å². The van der Waals surface area contributed by atoms with Gasteiger partial charge in [-0.25, -0.2) is 0 Å². The standard InChI is InChI=1S/C15H19F3N2O3S/c1-24-8-7-12(14(22)19-10-15(16,17)18)20-13(21)9-23-11-5-3-2-4-6-11/h2-6,12H,7-10H2,1H3,(H,19,22)(H,20,21). The molecule has 0 aliphatic rings. The van der Waals surface area contributed by atoms with E-state index in [4.69, 9.17) is 4.74 Å². The largest absolute Gasteiger partial charge is 0.484 e. The van der Waals surface area contributed by atoms with Crippen molar-refractivity contribution >= 4 is 23.6 Å². The Bertz CT molecular complexity index is 526. The number of hydrogen-bond donors (Lipinski definition) is 2. The monoisotopic (exact) mass is 364 g/mol. The molecule has 0 heterocycles. The van der Waals surface area contributed by atoms with Crippen LogP contribution in [0.2, 0.25) is 0 Å². The first kappa shape index (κ1) is 20.1. The Morgan fingerprint density at radius 2 is 1.92 bits per heavy atom. The summed E-state index contributed by atoms with van der Waals surface area (Å²) in [6.07, 6.45) is -2.48. The molecule has 0 aromatic heterocycles. The summed E-state index contributed by atoms with van der Waals surface area (Å²) in [4.78, 5) is 23.7. The van der Waals surface area contributed by atoms with E-state index >= 15 is 0 Å². The number of para-hydroxylation sites is 1. The van der Waals surface area contributed by atoms with Gasteiger partial charge in [-0.15, -0.1) is 0 Å². The van der Waals surface area contributed by atoms with Crippen molar-refractivity contribution < 1.29 is 27.5 Å². The van der Waals surface area contributed by atoms with Gasteiger partial charge in [-0.3, -0.25) is 9.59 Å². The zero-order chi connectivity index (χ0) is 18.0. The summed E-state index contributed by atoms with van der Waals surface area (Å²) in [5, 5.41) is 4.18. The number of hydrogen-bond acceptors (Lipinski definition) is 4. The fourth-order valence-corrected chi connectivity index (χ4v) is 2.19. The van der Waals surface area contributed by atoms with Crippen molar-refractivity contribution in [2.75, 3.05) is 25.2 Å². The average Bonchev–Trinajstić information content (AvgIpc) is 2.54. The Balaban J connectivity index is 2.51. The molecule has 9 heteroatoms. The smallest absolute Gasteiger partial charge is 0.405 e. The van der Waals surface area contributed by atoms with Crippen LogP contribution < -0.4 is 15.4 Å². The zero-order valence-corrected chi connectivity index (χ0v) is 13.9. The van der Waals surface area contributed by atoms with E-state index in [1.54, 1.807) is 41.9 Å². The van der Waals surface area contributed by atoms with Crippen LogP contribution in [0.1, 0.15) is 6.42 Å². The first-order chi connectivity index (χ1) is 11.3. The molecule has 0 saturated carbocycles. The molecule has 134 valence electrons. The van der Waals surface area contributed by atoms with Gasteiger partial charge in [0.1, 0.15) is 18.3 Å². The molecule has 0 radical (unpaired) electrons. The minimum Gasteiger partial charge on any atom is -0.484 e. The maximum Gasteiger partial charge on any atom is 0.405 e. The highest BCUT2D eigenvalue weighted by atomic mass is 32.2. The molecular formula is C15H19F3N2O3S. The topological polar surface area (TPSA) is 67.4 Å². The molecule has 0 spiro atoms. The molecule has 2 N–H and O–H groups in total. The molecule has 1 rings (SSSR count). The Morgan fingerprint density at radius 1 is 1.25 bits per heavy atom. The molecule has 24 heavy (non-hydrogen) atoms. The number of halogens is 3. The van der Waals surface area contributed by atoms with Crippen LogP contribution in [-0.2, 0) is 9.59 Å². The zero-order valence-electron chi connectivity index (χ0n) is 13.1. The molecule has 0 aliphatic carbocycles. The third kappa shape index (κ3) is 8.66. The van der Waals surface area contributed by atoms with Crippen molar-refractivity contribution in [3.05, 3.63) is 30.3 Å². The molecule has 1 atom stereocenters. The minimum absolute atomic E-state index is 0.224. The molecular weight excluding hydrogens is 345 g/mol. The quantitative estimate of drug-likeness (QED) is 0.703. The van der Waals surface area contributed by atoms with Crippen LogP contribution in [0.15, 0.2) is 30.3 Å². The third-order valence-corrected chi connectivity index (χ3v) is 3.48. The molecule has 1 aromatic carbocycles. The number of rotatable bonds is 9. The normalized spacial score (nSPS) is 12.3. The maximum atomic E-state index is 12.2. The summed E-state index contributed by atoms with van der Waals surface area (Å²) in [5.74, 6) is -0.444. The number of alkyl halides is 3. The summed E-state index contributed by atoms with van der Waals surface area (Å²) in [6, 6.07) is 7.55.